The summed E-state index contributed by atoms with van der Waals surface area (Å²) in [6.45, 7) is 1.46. The maximum Gasteiger partial charge on any atom is 0.252 e. The summed E-state index contributed by atoms with van der Waals surface area (Å²) < 4.78 is 50.3. The Labute approximate surface area is 124 Å². The van der Waals surface area contributed by atoms with Crippen molar-refractivity contribution in [3.8, 4) is 0 Å². The van der Waals surface area contributed by atoms with E-state index in [9.17, 15) is 17.2 Å². The maximum atomic E-state index is 12.4. The van der Waals surface area contributed by atoms with Crippen molar-refractivity contribution in [2.45, 2.75) is 43.7 Å². The van der Waals surface area contributed by atoms with Crippen molar-refractivity contribution in [1.29, 1.82) is 0 Å². The number of benzene rings is 1. The second-order valence-electron chi connectivity index (χ2n) is 5.43. The fraction of sp³-hybridized carbons (Fsp3) is 0.571. The van der Waals surface area contributed by atoms with Gasteiger partial charge in [-0.05, 0) is 37.0 Å². The van der Waals surface area contributed by atoms with Crippen LogP contribution in [0, 0.1) is 6.92 Å². The fourth-order valence-electron chi connectivity index (χ4n) is 2.04. The minimum Gasteiger partial charge on any atom is -0.310 e. The van der Waals surface area contributed by atoms with Crippen molar-refractivity contribution >= 4 is 10.0 Å². The van der Waals surface area contributed by atoms with Crippen molar-refractivity contribution in [3.63, 3.8) is 0 Å². The van der Waals surface area contributed by atoms with Gasteiger partial charge in [0.05, 0.1) is 11.4 Å². The highest BCUT2D eigenvalue weighted by Crippen LogP contribution is 2.23. The number of hydrogen-bond donors (Lipinski definition) is 1. The molecule has 1 aliphatic carbocycles. The quantitative estimate of drug-likeness (QED) is 0.838. The molecule has 7 heteroatoms. The largest absolute Gasteiger partial charge is 0.310 e. The molecule has 21 heavy (non-hydrogen) atoms. The van der Waals surface area contributed by atoms with Crippen LogP contribution in [-0.2, 0) is 16.6 Å². The van der Waals surface area contributed by atoms with E-state index in [1.165, 1.54) is 7.05 Å². The first-order valence-electron chi connectivity index (χ1n) is 6.88. The highest BCUT2D eigenvalue weighted by Gasteiger charge is 2.26. The molecule has 118 valence electrons. The lowest BCUT2D eigenvalue weighted by Gasteiger charge is -2.18. The summed E-state index contributed by atoms with van der Waals surface area (Å²) in [6, 6.07) is 5.67. The number of aryl methyl sites for hydroxylation is 1. The Hall–Kier alpha value is -1.05. The molecule has 0 atom stereocenters. The summed E-state index contributed by atoms with van der Waals surface area (Å²) in [7, 11) is -2.71. The molecule has 0 unspecified atom stereocenters. The van der Waals surface area contributed by atoms with Crippen LogP contribution in [0.4, 0.5) is 8.78 Å². The van der Waals surface area contributed by atoms with E-state index in [1.54, 1.807) is 19.1 Å². The summed E-state index contributed by atoms with van der Waals surface area (Å²) in [5.41, 5.74) is 1.41. The fourth-order valence-corrected chi connectivity index (χ4v) is 3.46. The van der Waals surface area contributed by atoms with Gasteiger partial charge in [0, 0.05) is 19.6 Å². The summed E-state index contributed by atoms with van der Waals surface area (Å²) in [6.07, 6.45) is -0.396. The number of nitrogens with zero attached hydrogens (tertiary/aromatic N) is 1. The number of alkyl halides is 2. The molecule has 0 amide bonds. The molecular formula is C14H20F2N2O2S. The summed E-state index contributed by atoms with van der Waals surface area (Å²) in [4.78, 5) is 0.0979. The highest BCUT2D eigenvalue weighted by molar-refractivity contribution is 7.89. The SMILES string of the molecule is Cc1ccc(CNC2CC2)cc1S(=O)(=O)N(C)CC(F)F. The summed E-state index contributed by atoms with van der Waals surface area (Å²) in [5, 5.41) is 3.30. The van der Waals surface area contributed by atoms with Crippen LogP contribution in [0.15, 0.2) is 23.1 Å². The summed E-state index contributed by atoms with van der Waals surface area (Å²) >= 11 is 0. The van der Waals surface area contributed by atoms with Crippen molar-refractivity contribution in [2.75, 3.05) is 13.6 Å². The van der Waals surface area contributed by atoms with Gasteiger partial charge in [-0.2, -0.15) is 4.31 Å². The van der Waals surface area contributed by atoms with E-state index in [2.05, 4.69) is 5.32 Å². The molecule has 1 fully saturated rings. The van der Waals surface area contributed by atoms with E-state index in [0.29, 0.717) is 22.5 Å². The number of hydrogen-bond acceptors (Lipinski definition) is 3. The Morgan fingerprint density at radius 3 is 2.62 bits per heavy atom. The zero-order valence-corrected chi connectivity index (χ0v) is 13.0. The lowest BCUT2D eigenvalue weighted by Crippen LogP contribution is -2.32. The van der Waals surface area contributed by atoms with E-state index in [0.717, 1.165) is 18.4 Å². The predicted octanol–water partition coefficient (Wildman–Crippen LogP) is 2.13. The average Bonchev–Trinajstić information content (AvgIpc) is 3.20. The molecular weight excluding hydrogens is 298 g/mol. The van der Waals surface area contributed by atoms with Gasteiger partial charge in [0.25, 0.3) is 6.43 Å². The lowest BCUT2D eigenvalue weighted by atomic mass is 10.1. The van der Waals surface area contributed by atoms with Gasteiger partial charge in [-0.15, -0.1) is 0 Å². The highest BCUT2D eigenvalue weighted by atomic mass is 32.2. The van der Waals surface area contributed by atoms with Crippen molar-refractivity contribution < 1.29 is 17.2 Å². The molecule has 0 saturated heterocycles. The molecule has 0 bridgehead atoms. The predicted molar refractivity (Wildman–Crippen MR) is 76.9 cm³/mol. The zero-order chi connectivity index (χ0) is 15.6. The first-order chi connectivity index (χ1) is 9.80. The van der Waals surface area contributed by atoms with Gasteiger partial charge in [0.1, 0.15) is 0 Å². The van der Waals surface area contributed by atoms with Gasteiger partial charge in [-0.1, -0.05) is 12.1 Å². The van der Waals surface area contributed by atoms with Crippen LogP contribution in [0.25, 0.3) is 0 Å². The topological polar surface area (TPSA) is 49.4 Å². The Balaban J connectivity index is 2.21. The van der Waals surface area contributed by atoms with Crippen LogP contribution >= 0.6 is 0 Å². The molecule has 2 rings (SSSR count). The van der Waals surface area contributed by atoms with Gasteiger partial charge >= 0.3 is 0 Å². The van der Waals surface area contributed by atoms with Gasteiger partial charge in [0.15, 0.2) is 0 Å². The molecule has 1 saturated carbocycles. The average molecular weight is 318 g/mol. The standard InChI is InChI=1S/C14H20F2N2O2S/c1-10-3-4-11(8-17-12-5-6-12)7-13(10)21(19,20)18(2)9-14(15)16/h3-4,7,12,14,17H,5-6,8-9H2,1-2H3. The first kappa shape index (κ1) is 16.3. The number of rotatable bonds is 7. The first-order valence-corrected chi connectivity index (χ1v) is 8.32. The van der Waals surface area contributed by atoms with E-state index in [-0.39, 0.29) is 4.90 Å². The van der Waals surface area contributed by atoms with Crippen LogP contribution in [0.5, 0.6) is 0 Å². The van der Waals surface area contributed by atoms with Gasteiger partial charge in [-0.3, -0.25) is 0 Å². The van der Waals surface area contributed by atoms with E-state index in [1.807, 2.05) is 6.07 Å². The molecule has 1 N–H and O–H groups in total. The Kier molecular flexibility index (Phi) is 4.95. The normalized spacial score (nSPS) is 15.9. The molecule has 0 heterocycles. The second kappa shape index (κ2) is 6.37. The Bertz CT molecular complexity index is 601. The third kappa shape index (κ3) is 4.21. The Morgan fingerprint density at radius 2 is 2.05 bits per heavy atom. The molecule has 4 nitrogen and oxygen atoms in total. The van der Waals surface area contributed by atoms with Crippen LogP contribution in [0.1, 0.15) is 24.0 Å². The van der Waals surface area contributed by atoms with Crippen molar-refractivity contribution in [1.82, 2.24) is 9.62 Å². The monoisotopic (exact) mass is 318 g/mol. The lowest BCUT2D eigenvalue weighted by molar-refractivity contribution is 0.126. The molecule has 1 aliphatic rings. The number of sulfonamides is 1. The third-order valence-electron chi connectivity index (χ3n) is 3.51. The van der Waals surface area contributed by atoms with Gasteiger partial charge in [0.2, 0.25) is 10.0 Å². The van der Waals surface area contributed by atoms with Crippen LogP contribution in [-0.4, -0.2) is 38.8 Å². The third-order valence-corrected chi connectivity index (χ3v) is 5.47. The van der Waals surface area contributed by atoms with Crippen LogP contribution in [0.2, 0.25) is 0 Å². The van der Waals surface area contributed by atoms with Crippen LogP contribution < -0.4 is 5.32 Å². The molecule has 0 radical (unpaired) electrons. The maximum absolute atomic E-state index is 12.4. The zero-order valence-electron chi connectivity index (χ0n) is 12.1. The van der Waals surface area contributed by atoms with Gasteiger partial charge in [-0.25, -0.2) is 17.2 Å². The van der Waals surface area contributed by atoms with E-state index < -0.39 is 23.0 Å². The number of halogens is 2. The van der Waals surface area contributed by atoms with Crippen molar-refractivity contribution in [3.05, 3.63) is 29.3 Å². The molecule has 0 aliphatic heterocycles. The molecule has 0 aromatic heterocycles. The van der Waals surface area contributed by atoms with Crippen LogP contribution in [0.3, 0.4) is 0 Å². The molecule has 1 aromatic carbocycles. The molecule has 1 aromatic rings. The summed E-state index contributed by atoms with van der Waals surface area (Å²) in [5.74, 6) is 0. The smallest absolute Gasteiger partial charge is 0.252 e. The second-order valence-corrected chi connectivity index (χ2v) is 7.44. The molecule has 0 spiro atoms. The van der Waals surface area contributed by atoms with E-state index >= 15 is 0 Å². The van der Waals surface area contributed by atoms with Crippen molar-refractivity contribution in [2.24, 2.45) is 0 Å². The number of nitrogens with one attached hydrogen (secondary N) is 1. The minimum atomic E-state index is -3.88. The van der Waals surface area contributed by atoms with E-state index in [4.69, 9.17) is 0 Å². The van der Waals surface area contributed by atoms with Gasteiger partial charge < -0.3 is 5.32 Å². The Morgan fingerprint density at radius 1 is 1.38 bits per heavy atom. The minimum absolute atomic E-state index is 0.0979.